The van der Waals surface area contributed by atoms with Crippen molar-refractivity contribution in [3.8, 4) is 0 Å². The normalized spacial score (nSPS) is 9.93. The Morgan fingerprint density at radius 3 is 2.86 bits per heavy atom. The SMILES string of the molecule is C=C(C)CCNc1ccc(F)c(Cl)c1. The minimum atomic E-state index is -0.392. The van der Waals surface area contributed by atoms with Crippen molar-refractivity contribution in [2.45, 2.75) is 13.3 Å². The van der Waals surface area contributed by atoms with Crippen molar-refractivity contribution in [1.29, 1.82) is 0 Å². The first-order valence-corrected chi connectivity index (χ1v) is 4.80. The summed E-state index contributed by atoms with van der Waals surface area (Å²) >= 11 is 5.62. The van der Waals surface area contributed by atoms with Crippen LogP contribution in [-0.4, -0.2) is 6.54 Å². The Morgan fingerprint density at radius 2 is 2.29 bits per heavy atom. The summed E-state index contributed by atoms with van der Waals surface area (Å²) in [7, 11) is 0. The first-order chi connectivity index (χ1) is 6.59. The molecule has 0 heterocycles. The van der Waals surface area contributed by atoms with E-state index < -0.39 is 5.82 Å². The second kappa shape index (κ2) is 5.01. The molecule has 0 radical (unpaired) electrons. The number of halogens is 2. The van der Waals surface area contributed by atoms with Crippen LogP contribution in [0.3, 0.4) is 0 Å². The Hall–Kier alpha value is -1.02. The topological polar surface area (TPSA) is 12.0 Å². The van der Waals surface area contributed by atoms with Crippen molar-refractivity contribution in [1.82, 2.24) is 0 Å². The van der Waals surface area contributed by atoms with Gasteiger partial charge in [0.1, 0.15) is 5.82 Å². The Morgan fingerprint density at radius 1 is 1.57 bits per heavy atom. The minimum Gasteiger partial charge on any atom is -0.385 e. The summed E-state index contributed by atoms with van der Waals surface area (Å²) in [5.74, 6) is -0.392. The summed E-state index contributed by atoms with van der Waals surface area (Å²) in [4.78, 5) is 0. The van der Waals surface area contributed by atoms with Crippen molar-refractivity contribution >= 4 is 17.3 Å². The average Bonchev–Trinajstić information content (AvgIpc) is 2.10. The molecular weight excluding hydrogens is 201 g/mol. The van der Waals surface area contributed by atoms with Crippen molar-refractivity contribution in [3.63, 3.8) is 0 Å². The van der Waals surface area contributed by atoms with Crippen LogP contribution < -0.4 is 5.32 Å². The van der Waals surface area contributed by atoms with E-state index in [-0.39, 0.29) is 5.02 Å². The minimum absolute atomic E-state index is 0.144. The maximum atomic E-state index is 12.8. The highest BCUT2D eigenvalue weighted by molar-refractivity contribution is 6.31. The monoisotopic (exact) mass is 213 g/mol. The highest BCUT2D eigenvalue weighted by atomic mass is 35.5. The van der Waals surface area contributed by atoms with Crippen LogP contribution in [0.1, 0.15) is 13.3 Å². The molecule has 1 aromatic carbocycles. The molecule has 3 heteroatoms. The van der Waals surface area contributed by atoms with Crippen LogP contribution in [0.25, 0.3) is 0 Å². The Balaban J connectivity index is 2.51. The van der Waals surface area contributed by atoms with Crippen LogP contribution in [0.15, 0.2) is 30.4 Å². The van der Waals surface area contributed by atoms with Gasteiger partial charge in [0, 0.05) is 12.2 Å². The van der Waals surface area contributed by atoms with Crippen LogP contribution in [0, 0.1) is 5.82 Å². The van der Waals surface area contributed by atoms with Crippen LogP contribution in [-0.2, 0) is 0 Å². The van der Waals surface area contributed by atoms with Gasteiger partial charge in [-0.25, -0.2) is 4.39 Å². The van der Waals surface area contributed by atoms with Gasteiger partial charge < -0.3 is 5.32 Å². The van der Waals surface area contributed by atoms with Gasteiger partial charge in [-0.2, -0.15) is 0 Å². The zero-order valence-corrected chi connectivity index (χ0v) is 8.87. The molecular formula is C11H13ClFN. The van der Waals surface area contributed by atoms with Gasteiger partial charge in [0.25, 0.3) is 0 Å². The summed E-state index contributed by atoms with van der Waals surface area (Å²) in [5.41, 5.74) is 1.95. The standard InChI is InChI=1S/C11H13ClFN/c1-8(2)5-6-14-9-3-4-11(13)10(12)7-9/h3-4,7,14H,1,5-6H2,2H3. The summed E-state index contributed by atoms with van der Waals surface area (Å²) < 4.78 is 12.8. The second-order valence-corrected chi connectivity index (χ2v) is 3.67. The van der Waals surface area contributed by atoms with Gasteiger partial charge in [-0.05, 0) is 31.5 Å². The maximum absolute atomic E-state index is 12.8. The average molecular weight is 214 g/mol. The quantitative estimate of drug-likeness (QED) is 0.749. The molecule has 1 nitrogen and oxygen atoms in total. The first kappa shape index (κ1) is 11.1. The fraction of sp³-hybridized carbons (Fsp3) is 0.273. The molecule has 1 N–H and O–H groups in total. The Labute approximate surface area is 88.6 Å². The van der Waals surface area contributed by atoms with Gasteiger partial charge in [0.2, 0.25) is 0 Å². The van der Waals surface area contributed by atoms with E-state index in [2.05, 4.69) is 11.9 Å². The van der Waals surface area contributed by atoms with Crippen LogP contribution in [0.5, 0.6) is 0 Å². The summed E-state index contributed by atoms with van der Waals surface area (Å²) in [5, 5.41) is 3.28. The molecule has 76 valence electrons. The lowest BCUT2D eigenvalue weighted by Gasteiger charge is -2.06. The van der Waals surface area contributed by atoms with Gasteiger partial charge >= 0.3 is 0 Å². The fourth-order valence-electron chi connectivity index (χ4n) is 1.03. The summed E-state index contributed by atoms with van der Waals surface area (Å²) in [6.07, 6.45) is 0.898. The molecule has 0 amide bonds. The molecule has 0 aliphatic carbocycles. The first-order valence-electron chi connectivity index (χ1n) is 4.43. The summed E-state index contributed by atoms with van der Waals surface area (Å²) in [6, 6.07) is 4.60. The number of hydrogen-bond donors (Lipinski definition) is 1. The predicted molar refractivity (Wildman–Crippen MR) is 59.3 cm³/mol. The van der Waals surface area contributed by atoms with E-state index in [9.17, 15) is 4.39 Å². The zero-order valence-electron chi connectivity index (χ0n) is 8.11. The molecule has 0 aromatic heterocycles. The molecule has 0 unspecified atom stereocenters. The van der Waals surface area contributed by atoms with Gasteiger partial charge in [0.05, 0.1) is 5.02 Å². The highest BCUT2D eigenvalue weighted by Gasteiger charge is 1.99. The van der Waals surface area contributed by atoms with Gasteiger partial charge in [0.15, 0.2) is 0 Å². The maximum Gasteiger partial charge on any atom is 0.141 e. The molecule has 0 bridgehead atoms. The van der Waals surface area contributed by atoms with Gasteiger partial charge in [-0.1, -0.05) is 17.2 Å². The van der Waals surface area contributed by atoms with Crippen molar-refractivity contribution in [2.75, 3.05) is 11.9 Å². The lowest BCUT2D eigenvalue weighted by Crippen LogP contribution is -2.01. The van der Waals surface area contributed by atoms with Gasteiger partial charge in [-0.15, -0.1) is 6.58 Å². The smallest absolute Gasteiger partial charge is 0.141 e. The van der Waals surface area contributed by atoms with E-state index in [1.165, 1.54) is 6.07 Å². The predicted octanol–water partition coefficient (Wildman–Crippen LogP) is 3.86. The molecule has 0 atom stereocenters. The summed E-state index contributed by atoms with van der Waals surface area (Å²) in [6.45, 7) is 6.55. The molecule has 0 aliphatic rings. The van der Waals surface area contributed by atoms with Crippen LogP contribution >= 0.6 is 11.6 Å². The largest absolute Gasteiger partial charge is 0.385 e. The Kier molecular flexibility index (Phi) is 3.96. The van der Waals surface area contributed by atoms with E-state index in [1.807, 2.05) is 6.92 Å². The molecule has 14 heavy (non-hydrogen) atoms. The number of hydrogen-bond acceptors (Lipinski definition) is 1. The molecule has 0 saturated carbocycles. The highest BCUT2D eigenvalue weighted by Crippen LogP contribution is 2.19. The molecule has 1 rings (SSSR count). The lowest BCUT2D eigenvalue weighted by atomic mass is 10.2. The van der Waals surface area contributed by atoms with Crippen LogP contribution in [0.2, 0.25) is 5.02 Å². The number of rotatable bonds is 4. The molecule has 0 aliphatic heterocycles. The van der Waals surface area contributed by atoms with Gasteiger partial charge in [-0.3, -0.25) is 0 Å². The third kappa shape index (κ3) is 3.38. The Bertz CT molecular complexity index is 336. The molecule has 0 fully saturated rings. The number of nitrogens with one attached hydrogen (secondary N) is 1. The number of benzene rings is 1. The lowest BCUT2D eigenvalue weighted by molar-refractivity contribution is 0.628. The fourth-order valence-corrected chi connectivity index (χ4v) is 1.21. The second-order valence-electron chi connectivity index (χ2n) is 3.26. The third-order valence-corrected chi connectivity index (χ3v) is 2.09. The van der Waals surface area contributed by atoms with Crippen molar-refractivity contribution < 1.29 is 4.39 Å². The number of anilines is 1. The molecule has 0 spiro atoms. The zero-order chi connectivity index (χ0) is 10.6. The molecule has 1 aromatic rings. The molecule has 0 saturated heterocycles. The van der Waals surface area contributed by atoms with E-state index in [0.29, 0.717) is 0 Å². The third-order valence-electron chi connectivity index (χ3n) is 1.80. The van der Waals surface area contributed by atoms with Crippen LogP contribution in [0.4, 0.5) is 10.1 Å². The van der Waals surface area contributed by atoms with Crippen molar-refractivity contribution in [3.05, 3.63) is 41.2 Å². The van der Waals surface area contributed by atoms with Crippen molar-refractivity contribution in [2.24, 2.45) is 0 Å². The van der Waals surface area contributed by atoms with E-state index in [1.54, 1.807) is 12.1 Å². The van der Waals surface area contributed by atoms with E-state index >= 15 is 0 Å². The van der Waals surface area contributed by atoms with E-state index in [4.69, 9.17) is 11.6 Å². The van der Waals surface area contributed by atoms with E-state index in [0.717, 1.165) is 24.2 Å².